The third-order valence-corrected chi connectivity index (χ3v) is 20.4. The summed E-state index contributed by atoms with van der Waals surface area (Å²) in [6.07, 6.45) is 2.11. The summed E-state index contributed by atoms with van der Waals surface area (Å²) < 4.78 is 4.81. The maximum Gasteiger partial charge on any atom is 0.138 e. The van der Waals surface area contributed by atoms with Crippen LogP contribution in [0.4, 0.5) is 68.2 Å². The number of aromatic nitrogens is 4. The topological polar surface area (TPSA) is 48.6 Å². The smallest absolute Gasteiger partial charge is 0.138 e. The van der Waals surface area contributed by atoms with Crippen LogP contribution in [0.5, 0.6) is 0 Å². The summed E-state index contributed by atoms with van der Waals surface area (Å²) in [4.78, 5) is 20.7. The summed E-state index contributed by atoms with van der Waals surface area (Å²) in [7, 11) is 0. The number of nitrogens with zero attached hydrogens (tertiary/aromatic N) is 8. The molecule has 0 bridgehead atoms. The molecule has 0 atom stereocenters. The molecule has 19 rings (SSSR count). The van der Waals surface area contributed by atoms with Crippen molar-refractivity contribution in [1.82, 2.24) is 19.1 Å². The Bertz CT molecular complexity index is 5960. The number of fused-ring (bicyclic) bond motifs is 6. The number of anilines is 12. The van der Waals surface area contributed by atoms with Crippen LogP contribution in [0.15, 0.2) is 425 Å². The summed E-state index contributed by atoms with van der Waals surface area (Å²) in [5.41, 5.74) is 25.5. The van der Waals surface area contributed by atoms with Crippen molar-refractivity contribution in [2.75, 3.05) is 19.6 Å². The summed E-state index contributed by atoms with van der Waals surface area (Å²) in [5.74, 6) is 0.762. The molecule has 108 heavy (non-hydrogen) atoms. The van der Waals surface area contributed by atoms with Crippen molar-refractivity contribution in [3.05, 3.63) is 425 Å². The van der Waals surface area contributed by atoms with Gasteiger partial charge in [0.15, 0.2) is 0 Å². The van der Waals surface area contributed by atoms with Crippen LogP contribution in [-0.2, 0) is 0 Å². The average molecular weight is 1380 g/mol. The molecule has 4 aromatic heterocycles. The van der Waals surface area contributed by atoms with E-state index < -0.39 is 0 Å². The van der Waals surface area contributed by atoms with E-state index in [1.165, 1.54) is 0 Å². The number of hydrogen-bond acceptors (Lipinski definition) is 6. The van der Waals surface area contributed by atoms with Crippen molar-refractivity contribution in [3.63, 3.8) is 0 Å². The lowest BCUT2D eigenvalue weighted by atomic mass is 9.94. The molecule has 0 saturated heterocycles. The van der Waals surface area contributed by atoms with Crippen molar-refractivity contribution in [1.29, 1.82) is 0 Å². The maximum absolute atomic E-state index is 5.80. The average Bonchev–Trinajstić information content (AvgIpc) is 1.56. The first-order valence-corrected chi connectivity index (χ1v) is 36.6. The van der Waals surface area contributed by atoms with E-state index in [1.807, 2.05) is 0 Å². The first-order valence-electron chi connectivity index (χ1n) is 36.6. The monoisotopic (exact) mass is 1380 g/mol. The van der Waals surface area contributed by atoms with Crippen LogP contribution < -0.4 is 19.6 Å². The highest BCUT2D eigenvalue weighted by Gasteiger charge is 2.26. The molecule has 510 valence electrons. The summed E-state index contributed by atoms with van der Waals surface area (Å²) in [6, 6.07) is 150. The highest BCUT2D eigenvalue weighted by Crippen LogP contribution is 2.48. The number of pyridine rings is 2. The van der Waals surface area contributed by atoms with E-state index >= 15 is 0 Å². The standard InChI is InChI=1S/C100H70N8/c1-11-32-71(33-12-1)93-59-58-87(100(102-93)72-34-13-2-14-35-72)73-36-31-37-74(64-73)88-69-99(108-96-62-56-85(105(79-46-23-7-24-47-79)80-48-25-8-26-49-80)67-91(96)92-68-86(57-63-97(92)108)106(81-50-27-9-28-51-81)82-52-29-10-30-53-82)101-70-98(88)107-94-60-54-83(103(75-38-15-3-16-39-75)76-40-17-4-18-41-76)65-89(94)90-66-84(55-61-95(90)107)104(77-42-19-5-20-43-77)78-44-21-6-22-45-78/h1-70H. The minimum atomic E-state index is 0.762. The molecule has 0 aliphatic carbocycles. The lowest BCUT2D eigenvalue weighted by Crippen LogP contribution is -2.09. The van der Waals surface area contributed by atoms with E-state index in [9.17, 15) is 0 Å². The zero-order valence-corrected chi connectivity index (χ0v) is 59.0. The van der Waals surface area contributed by atoms with Gasteiger partial charge in [0.05, 0.1) is 45.3 Å². The maximum atomic E-state index is 5.80. The largest absolute Gasteiger partial charge is 0.310 e. The SMILES string of the molecule is c1ccc(-c2ccc(-c3cccc(-c4cc(-n5c6ccc(N(c7ccccc7)c7ccccc7)cc6c6cc(N(c7ccccc7)c7ccccc7)ccc65)ncc4-n4c5ccc(N(c6ccccc6)c6ccccc6)cc5c5cc(N(c6ccccc6)c6ccccc6)ccc54)c3)c(-c3ccccc3)n2)cc1. The molecule has 0 unspecified atom stereocenters. The fourth-order valence-corrected chi connectivity index (χ4v) is 15.6. The Kier molecular flexibility index (Phi) is 16.8. The van der Waals surface area contributed by atoms with Gasteiger partial charge in [-0.25, -0.2) is 9.97 Å². The number of para-hydroxylation sites is 8. The molecule has 0 radical (unpaired) electrons. The first kappa shape index (κ1) is 64.3. The Balaban J connectivity index is 0.880. The molecular weight excluding hydrogens is 1310 g/mol. The molecule has 8 heteroatoms. The minimum absolute atomic E-state index is 0.762. The molecule has 19 aromatic rings. The van der Waals surface area contributed by atoms with E-state index in [2.05, 4.69) is 454 Å². The number of benzene rings is 15. The predicted molar refractivity (Wildman–Crippen MR) is 451 cm³/mol. The molecular formula is C100H70N8. The van der Waals surface area contributed by atoms with Gasteiger partial charge in [0.1, 0.15) is 5.82 Å². The Morgan fingerprint density at radius 2 is 0.491 bits per heavy atom. The molecule has 0 amide bonds. The van der Waals surface area contributed by atoms with E-state index in [-0.39, 0.29) is 0 Å². The summed E-state index contributed by atoms with van der Waals surface area (Å²) in [6.45, 7) is 0. The van der Waals surface area contributed by atoms with E-state index in [4.69, 9.17) is 9.97 Å². The molecule has 15 aromatic carbocycles. The Morgan fingerprint density at radius 3 is 0.824 bits per heavy atom. The second kappa shape index (κ2) is 28.2. The Morgan fingerprint density at radius 1 is 0.204 bits per heavy atom. The second-order valence-electron chi connectivity index (χ2n) is 27.0. The van der Waals surface area contributed by atoms with Crippen molar-refractivity contribution in [2.45, 2.75) is 0 Å². The third kappa shape index (κ3) is 12.0. The molecule has 0 saturated carbocycles. The highest BCUT2D eigenvalue weighted by atomic mass is 15.2. The summed E-state index contributed by atoms with van der Waals surface area (Å²) >= 11 is 0. The van der Waals surface area contributed by atoms with E-state index in [1.54, 1.807) is 0 Å². The fraction of sp³-hybridized carbons (Fsp3) is 0. The normalized spacial score (nSPS) is 11.3. The van der Waals surface area contributed by atoms with Crippen LogP contribution >= 0.6 is 0 Å². The first-order chi connectivity index (χ1) is 53.6. The van der Waals surface area contributed by atoms with Crippen molar-refractivity contribution in [2.24, 2.45) is 0 Å². The molecule has 8 nitrogen and oxygen atoms in total. The van der Waals surface area contributed by atoms with Gasteiger partial charge in [-0.05, 0) is 199 Å². The molecule has 0 spiro atoms. The van der Waals surface area contributed by atoms with Crippen LogP contribution in [0.2, 0.25) is 0 Å². The Labute approximate surface area is 627 Å². The molecule has 0 aliphatic rings. The van der Waals surface area contributed by atoms with Gasteiger partial charge in [-0.2, -0.15) is 0 Å². The zero-order chi connectivity index (χ0) is 71.7. The minimum Gasteiger partial charge on any atom is -0.310 e. The van der Waals surface area contributed by atoms with Crippen molar-refractivity contribution >= 4 is 112 Å². The van der Waals surface area contributed by atoms with Gasteiger partial charge in [-0.3, -0.25) is 4.57 Å². The van der Waals surface area contributed by atoms with Crippen LogP contribution in [0.3, 0.4) is 0 Å². The van der Waals surface area contributed by atoms with E-state index in [0.29, 0.717) is 0 Å². The van der Waals surface area contributed by atoms with Gasteiger partial charge in [-0.15, -0.1) is 0 Å². The lowest BCUT2D eigenvalue weighted by molar-refractivity contribution is 1.06. The van der Waals surface area contributed by atoms with Gasteiger partial charge in [-0.1, -0.05) is 231 Å². The quantitative estimate of drug-likeness (QED) is 0.0853. The van der Waals surface area contributed by atoms with Crippen LogP contribution in [0.25, 0.3) is 99.9 Å². The molecule has 0 N–H and O–H groups in total. The number of rotatable bonds is 18. The van der Waals surface area contributed by atoms with Gasteiger partial charge in [0.25, 0.3) is 0 Å². The van der Waals surface area contributed by atoms with Gasteiger partial charge >= 0.3 is 0 Å². The Hall–Kier alpha value is -14.6. The summed E-state index contributed by atoms with van der Waals surface area (Å²) in [5, 5.41) is 4.31. The van der Waals surface area contributed by atoms with E-state index in [0.717, 1.165) is 168 Å². The zero-order valence-electron chi connectivity index (χ0n) is 59.0. The molecule has 0 aliphatic heterocycles. The van der Waals surface area contributed by atoms with Crippen LogP contribution in [0.1, 0.15) is 0 Å². The fourth-order valence-electron chi connectivity index (χ4n) is 15.6. The highest BCUT2D eigenvalue weighted by molar-refractivity contribution is 6.14. The van der Waals surface area contributed by atoms with Crippen molar-refractivity contribution in [3.8, 4) is 56.3 Å². The lowest BCUT2D eigenvalue weighted by Gasteiger charge is -2.26. The van der Waals surface area contributed by atoms with Gasteiger partial charge in [0, 0.05) is 112 Å². The van der Waals surface area contributed by atoms with Gasteiger partial charge in [0.2, 0.25) is 0 Å². The van der Waals surface area contributed by atoms with Crippen molar-refractivity contribution < 1.29 is 0 Å². The predicted octanol–water partition coefficient (Wildman–Crippen LogP) is 27.2. The number of hydrogen-bond donors (Lipinski definition) is 0. The second-order valence-corrected chi connectivity index (χ2v) is 27.0. The van der Waals surface area contributed by atoms with Crippen LogP contribution in [-0.4, -0.2) is 19.1 Å². The molecule has 0 fully saturated rings. The van der Waals surface area contributed by atoms with Gasteiger partial charge < -0.3 is 24.2 Å². The third-order valence-electron chi connectivity index (χ3n) is 20.4. The molecule has 4 heterocycles. The van der Waals surface area contributed by atoms with Crippen LogP contribution in [0, 0.1) is 0 Å².